The molecule has 1 aliphatic heterocycles. The molecule has 0 aliphatic carbocycles. The van der Waals surface area contributed by atoms with Crippen LogP contribution in [0.25, 0.3) is 0 Å². The Bertz CT molecular complexity index is 381. The Labute approximate surface area is 93.1 Å². The Kier molecular flexibility index (Phi) is 2.93. The molecule has 1 aromatic rings. The summed E-state index contributed by atoms with van der Waals surface area (Å²) in [4.78, 5) is 10.8. The van der Waals surface area contributed by atoms with E-state index in [0.29, 0.717) is 18.0 Å². The molecule has 2 unspecified atom stereocenters. The Hall–Kier alpha value is -1.06. The fraction of sp³-hybridized carbons (Fsp3) is 0.364. The van der Waals surface area contributed by atoms with Crippen LogP contribution in [0, 0.1) is 0 Å². The van der Waals surface area contributed by atoms with Gasteiger partial charge in [-0.2, -0.15) is 0 Å². The van der Waals surface area contributed by atoms with Crippen LogP contribution in [-0.4, -0.2) is 23.7 Å². The minimum atomic E-state index is -0.778. The largest absolute Gasteiger partial charge is 0.480 e. The summed E-state index contributed by atoms with van der Waals surface area (Å²) in [5.41, 5.74) is 1.11. The molecule has 3 nitrogen and oxygen atoms in total. The van der Waals surface area contributed by atoms with E-state index in [-0.39, 0.29) is 5.92 Å². The second kappa shape index (κ2) is 4.21. The van der Waals surface area contributed by atoms with Gasteiger partial charge in [0.15, 0.2) is 0 Å². The summed E-state index contributed by atoms with van der Waals surface area (Å²) in [6.45, 7) is 0.706. The average molecular weight is 226 g/mol. The number of carboxylic acids is 1. The van der Waals surface area contributed by atoms with Crippen molar-refractivity contribution >= 4 is 17.6 Å². The molecule has 1 fully saturated rings. The molecule has 0 bridgehead atoms. The molecule has 2 rings (SSSR count). The van der Waals surface area contributed by atoms with Crippen molar-refractivity contribution in [2.24, 2.45) is 0 Å². The molecule has 2 N–H and O–H groups in total. The summed E-state index contributed by atoms with van der Waals surface area (Å²) in [6.07, 6.45) is 0.635. The molecule has 1 heterocycles. The van der Waals surface area contributed by atoms with Crippen molar-refractivity contribution in [2.75, 3.05) is 6.54 Å². The fourth-order valence-corrected chi connectivity index (χ4v) is 2.14. The summed E-state index contributed by atoms with van der Waals surface area (Å²) in [5, 5.41) is 12.5. The molecule has 4 heteroatoms. The lowest BCUT2D eigenvalue weighted by atomic mass is 9.96. The van der Waals surface area contributed by atoms with E-state index in [0.717, 1.165) is 5.56 Å². The molecular formula is C11H12ClNO2. The van der Waals surface area contributed by atoms with Gasteiger partial charge in [0.25, 0.3) is 0 Å². The molecule has 15 heavy (non-hydrogen) atoms. The number of benzene rings is 1. The Balaban J connectivity index is 2.11. The highest BCUT2D eigenvalue weighted by Crippen LogP contribution is 2.27. The van der Waals surface area contributed by atoms with E-state index in [9.17, 15) is 4.79 Å². The lowest BCUT2D eigenvalue weighted by Crippen LogP contribution is -2.29. The number of hydrogen-bond acceptors (Lipinski definition) is 2. The van der Waals surface area contributed by atoms with Crippen LogP contribution >= 0.6 is 11.6 Å². The van der Waals surface area contributed by atoms with Gasteiger partial charge >= 0.3 is 5.97 Å². The number of carboxylic acid groups (broad SMARTS) is 1. The van der Waals surface area contributed by atoms with Crippen LogP contribution in [0.2, 0.25) is 5.02 Å². The molecule has 1 aromatic carbocycles. The number of carbonyl (C=O) groups is 1. The minimum Gasteiger partial charge on any atom is -0.480 e. The normalized spacial score (nSPS) is 25.4. The maximum absolute atomic E-state index is 10.8. The molecular weight excluding hydrogens is 214 g/mol. The fourth-order valence-electron chi connectivity index (χ4n) is 1.94. The first-order valence-electron chi connectivity index (χ1n) is 4.88. The van der Waals surface area contributed by atoms with Gasteiger partial charge in [0.05, 0.1) is 0 Å². The SMILES string of the molecule is O=C(O)C1CC(c2cccc(Cl)c2)CN1. The summed E-state index contributed by atoms with van der Waals surface area (Å²) in [5.74, 6) is -0.524. The summed E-state index contributed by atoms with van der Waals surface area (Å²) < 4.78 is 0. The van der Waals surface area contributed by atoms with Gasteiger partial charge in [-0.25, -0.2) is 0 Å². The minimum absolute atomic E-state index is 0.254. The van der Waals surface area contributed by atoms with E-state index in [1.807, 2.05) is 24.3 Å². The average Bonchev–Trinajstić information content (AvgIpc) is 2.66. The molecule has 0 spiro atoms. The molecule has 0 amide bonds. The van der Waals surface area contributed by atoms with E-state index < -0.39 is 12.0 Å². The highest BCUT2D eigenvalue weighted by atomic mass is 35.5. The van der Waals surface area contributed by atoms with Crippen LogP contribution in [-0.2, 0) is 4.79 Å². The van der Waals surface area contributed by atoms with Gasteiger partial charge in [-0.1, -0.05) is 23.7 Å². The maximum Gasteiger partial charge on any atom is 0.320 e. The van der Waals surface area contributed by atoms with Crippen molar-refractivity contribution in [3.8, 4) is 0 Å². The van der Waals surface area contributed by atoms with E-state index >= 15 is 0 Å². The van der Waals surface area contributed by atoms with Crippen LogP contribution in [0.15, 0.2) is 24.3 Å². The van der Waals surface area contributed by atoms with Gasteiger partial charge in [-0.15, -0.1) is 0 Å². The summed E-state index contributed by atoms with van der Waals surface area (Å²) in [7, 11) is 0. The number of aliphatic carboxylic acids is 1. The molecule has 80 valence electrons. The van der Waals surface area contributed by atoms with Crippen molar-refractivity contribution < 1.29 is 9.90 Å². The monoisotopic (exact) mass is 225 g/mol. The lowest BCUT2D eigenvalue weighted by molar-refractivity contribution is -0.139. The van der Waals surface area contributed by atoms with Gasteiger partial charge in [-0.05, 0) is 30.0 Å². The Morgan fingerprint density at radius 2 is 2.33 bits per heavy atom. The third-order valence-electron chi connectivity index (χ3n) is 2.75. The van der Waals surface area contributed by atoms with Crippen molar-refractivity contribution in [3.05, 3.63) is 34.9 Å². The topological polar surface area (TPSA) is 49.3 Å². The van der Waals surface area contributed by atoms with Crippen LogP contribution in [0.3, 0.4) is 0 Å². The predicted molar refractivity (Wildman–Crippen MR) is 58.2 cm³/mol. The number of nitrogens with one attached hydrogen (secondary N) is 1. The van der Waals surface area contributed by atoms with Crippen LogP contribution in [0.5, 0.6) is 0 Å². The summed E-state index contributed by atoms with van der Waals surface area (Å²) >= 11 is 5.89. The van der Waals surface area contributed by atoms with E-state index in [4.69, 9.17) is 16.7 Å². The standard InChI is InChI=1S/C11H12ClNO2/c12-9-3-1-2-7(4-9)8-5-10(11(14)15)13-6-8/h1-4,8,10,13H,5-6H2,(H,14,15). The predicted octanol–water partition coefficient (Wildman–Crippen LogP) is 1.87. The molecule has 0 aromatic heterocycles. The van der Waals surface area contributed by atoms with Gasteiger partial charge < -0.3 is 10.4 Å². The smallest absolute Gasteiger partial charge is 0.320 e. The van der Waals surface area contributed by atoms with E-state index in [1.54, 1.807) is 0 Å². The van der Waals surface area contributed by atoms with Crippen molar-refractivity contribution in [1.82, 2.24) is 5.32 Å². The van der Waals surface area contributed by atoms with Gasteiger partial charge in [0.1, 0.15) is 6.04 Å². The zero-order valence-corrected chi connectivity index (χ0v) is 8.87. The van der Waals surface area contributed by atoms with Gasteiger partial charge in [0.2, 0.25) is 0 Å². The number of rotatable bonds is 2. The van der Waals surface area contributed by atoms with Crippen molar-refractivity contribution in [3.63, 3.8) is 0 Å². The number of halogens is 1. The number of hydrogen-bond donors (Lipinski definition) is 2. The van der Waals surface area contributed by atoms with Gasteiger partial charge in [-0.3, -0.25) is 4.79 Å². The summed E-state index contributed by atoms with van der Waals surface area (Å²) in [6, 6.07) is 7.18. The molecule has 0 saturated carbocycles. The third kappa shape index (κ3) is 2.30. The zero-order valence-electron chi connectivity index (χ0n) is 8.11. The van der Waals surface area contributed by atoms with Crippen LogP contribution < -0.4 is 5.32 Å². The molecule has 0 radical (unpaired) electrons. The molecule has 2 atom stereocenters. The van der Waals surface area contributed by atoms with E-state index in [2.05, 4.69) is 5.32 Å². The first-order chi connectivity index (χ1) is 7.16. The molecule has 1 aliphatic rings. The molecule has 1 saturated heterocycles. The maximum atomic E-state index is 10.8. The highest BCUT2D eigenvalue weighted by molar-refractivity contribution is 6.30. The highest BCUT2D eigenvalue weighted by Gasteiger charge is 2.29. The quantitative estimate of drug-likeness (QED) is 0.808. The second-order valence-electron chi connectivity index (χ2n) is 3.79. The van der Waals surface area contributed by atoms with Crippen molar-refractivity contribution in [2.45, 2.75) is 18.4 Å². The van der Waals surface area contributed by atoms with Gasteiger partial charge in [0, 0.05) is 11.6 Å². The van der Waals surface area contributed by atoms with Crippen LogP contribution in [0.1, 0.15) is 17.9 Å². The van der Waals surface area contributed by atoms with E-state index in [1.165, 1.54) is 0 Å². The van der Waals surface area contributed by atoms with Crippen LogP contribution in [0.4, 0.5) is 0 Å². The Morgan fingerprint density at radius 1 is 1.53 bits per heavy atom. The zero-order chi connectivity index (χ0) is 10.8. The first-order valence-corrected chi connectivity index (χ1v) is 5.26. The third-order valence-corrected chi connectivity index (χ3v) is 2.98. The second-order valence-corrected chi connectivity index (χ2v) is 4.22. The Morgan fingerprint density at radius 3 is 2.93 bits per heavy atom. The van der Waals surface area contributed by atoms with Crippen molar-refractivity contribution in [1.29, 1.82) is 0 Å². The lowest BCUT2D eigenvalue weighted by Gasteiger charge is -2.08. The first kappa shape index (κ1) is 10.5.